The molecule has 1 aliphatic heterocycles. The lowest BCUT2D eigenvalue weighted by atomic mass is 10.00. The van der Waals surface area contributed by atoms with Crippen LogP contribution in [0.2, 0.25) is 0 Å². The van der Waals surface area contributed by atoms with Crippen molar-refractivity contribution in [1.29, 1.82) is 0 Å². The molecule has 0 radical (unpaired) electrons. The van der Waals surface area contributed by atoms with Crippen molar-refractivity contribution in [1.82, 2.24) is 15.7 Å². The monoisotopic (exact) mass is 371 g/mol. The maximum atomic E-state index is 10.7. The van der Waals surface area contributed by atoms with Crippen LogP contribution in [0.3, 0.4) is 0 Å². The summed E-state index contributed by atoms with van der Waals surface area (Å²) in [5, 5.41) is 16.6. The van der Waals surface area contributed by atoms with Crippen LogP contribution in [0.25, 0.3) is 0 Å². The molecule has 1 aromatic heterocycles. The minimum atomic E-state index is -0.849. The van der Waals surface area contributed by atoms with Gasteiger partial charge >= 0.3 is 5.97 Å². The largest absolute Gasteiger partial charge is 0.481 e. The smallest absolute Gasteiger partial charge is 0.306 e. The van der Waals surface area contributed by atoms with Gasteiger partial charge in [-0.25, -0.2) is 10.8 Å². The van der Waals surface area contributed by atoms with Crippen LogP contribution in [0.4, 0.5) is 5.13 Å². The van der Waals surface area contributed by atoms with Gasteiger partial charge in [-0.2, -0.15) is 5.10 Å². The third-order valence-corrected chi connectivity index (χ3v) is 4.72. The van der Waals surface area contributed by atoms with Crippen LogP contribution in [0, 0.1) is 12.8 Å². The van der Waals surface area contributed by atoms with E-state index in [2.05, 4.69) is 32.7 Å². The molecule has 25 heavy (non-hydrogen) atoms. The van der Waals surface area contributed by atoms with Gasteiger partial charge in [0.15, 0.2) is 5.13 Å². The molecular weight excluding hydrogens is 342 g/mol. The van der Waals surface area contributed by atoms with Crippen LogP contribution in [-0.4, -0.2) is 48.1 Å². The van der Waals surface area contributed by atoms with E-state index in [1.54, 1.807) is 11.3 Å². The van der Waals surface area contributed by atoms with Gasteiger partial charge in [-0.15, -0.1) is 11.3 Å². The molecule has 0 spiro atoms. The molecule has 10 heteroatoms. The number of hydrazone groups is 1. The molecule has 7 N–H and O–H groups in total. The fourth-order valence-corrected chi connectivity index (χ4v) is 3.20. The van der Waals surface area contributed by atoms with Crippen molar-refractivity contribution in [2.75, 3.05) is 31.1 Å². The van der Waals surface area contributed by atoms with Crippen molar-refractivity contribution in [2.24, 2.45) is 22.7 Å². The zero-order chi connectivity index (χ0) is 18.7. The van der Waals surface area contributed by atoms with Crippen LogP contribution >= 0.6 is 11.3 Å². The van der Waals surface area contributed by atoms with Crippen LogP contribution in [0.15, 0.2) is 11.3 Å². The van der Waals surface area contributed by atoms with Gasteiger partial charge in [-0.3, -0.25) is 4.79 Å². The van der Waals surface area contributed by atoms with Crippen LogP contribution in [0.1, 0.15) is 31.1 Å². The van der Waals surface area contributed by atoms with E-state index in [0.29, 0.717) is 12.3 Å². The fourth-order valence-electron chi connectivity index (χ4n) is 2.39. The Morgan fingerprint density at radius 2 is 2.24 bits per heavy atom. The molecule has 1 atom stereocenters. The number of carboxylic acids is 1. The van der Waals surface area contributed by atoms with E-state index in [1.807, 2.05) is 13.1 Å². The van der Waals surface area contributed by atoms with Crippen molar-refractivity contribution in [3.05, 3.63) is 11.1 Å². The average molecular weight is 372 g/mol. The normalized spacial score (nSPS) is 16.0. The van der Waals surface area contributed by atoms with E-state index in [4.69, 9.17) is 16.8 Å². The van der Waals surface area contributed by atoms with E-state index >= 15 is 0 Å². The molecule has 1 aromatic rings. The molecule has 1 fully saturated rings. The number of nitrogens with two attached hydrogens (primary N) is 2. The summed E-state index contributed by atoms with van der Waals surface area (Å²) in [6, 6.07) is 0. The molecule has 2 heterocycles. The second-order valence-electron chi connectivity index (χ2n) is 5.74. The predicted octanol–water partition coefficient (Wildman–Crippen LogP) is 0.474. The highest BCUT2D eigenvalue weighted by atomic mass is 32.1. The Bertz CT molecular complexity index is 544. The number of amidine groups is 1. The highest BCUT2D eigenvalue weighted by Crippen LogP contribution is 2.21. The first-order chi connectivity index (χ1) is 12.0. The first-order valence-corrected chi connectivity index (χ1v) is 9.17. The summed E-state index contributed by atoms with van der Waals surface area (Å²) in [4.78, 5) is 18.7. The number of nitrogens with one attached hydrogen (secondary N) is 2. The van der Waals surface area contributed by atoms with Crippen molar-refractivity contribution in [2.45, 2.75) is 33.1 Å². The molecule has 0 amide bonds. The van der Waals surface area contributed by atoms with Gasteiger partial charge in [-0.1, -0.05) is 13.3 Å². The minimum Gasteiger partial charge on any atom is -0.481 e. The summed E-state index contributed by atoms with van der Waals surface area (Å²) in [6.45, 7) is 8.37. The maximum Gasteiger partial charge on any atom is 0.306 e. The number of aromatic nitrogens is 1. The number of piperazine rings is 1. The van der Waals surface area contributed by atoms with E-state index in [-0.39, 0.29) is 6.42 Å². The average Bonchev–Trinajstić information content (AvgIpc) is 3.06. The highest BCUT2D eigenvalue weighted by molar-refractivity contribution is 7.15. The van der Waals surface area contributed by atoms with Crippen molar-refractivity contribution in [3.8, 4) is 0 Å². The Hall–Kier alpha value is -1.91. The summed E-state index contributed by atoms with van der Waals surface area (Å²) < 4.78 is 0. The number of hydrogen-bond acceptors (Lipinski definition) is 8. The molecule has 142 valence electrons. The first-order valence-electron chi connectivity index (χ1n) is 8.36. The number of anilines is 1. The standard InChI is InChI=1S/C8H13N3S.C7H16N4O2/c1-7-6-10-8(12-7)11-4-2-9-3-5-11;1-2-3-5(7(12)13)4-6(10-8)11-9/h6,9H,2-5H2,1H3;5H,2-4,8-9H2,1H3,(H,10,11)(H,12,13). The molecule has 1 unspecified atom stereocenters. The SMILES string of the molecule is CCCC(C/C(=N/N)NN)C(=O)O.Cc1cnc(N2CCNCC2)s1. The zero-order valence-corrected chi connectivity index (χ0v) is 15.7. The predicted molar refractivity (Wildman–Crippen MR) is 102 cm³/mol. The molecule has 0 bridgehead atoms. The Balaban J connectivity index is 0.000000250. The number of carboxylic acid groups (broad SMARTS) is 1. The molecule has 1 aliphatic rings. The Morgan fingerprint density at radius 3 is 2.68 bits per heavy atom. The molecular formula is C15H29N7O2S. The number of thiazole rings is 1. The van der Waals surface area contributed by atoms with Gasteiger partial charge in [0.25, 0.3) is 0 Å². The number of hydrogen-bond donors (Lipinski definition) is 5. The second kappa shape index (κ2) is 11.6. The van der Waals surface area contributed by atoms with Gasteiger partial charge in [0.2, 0.25) is 0 Å². The van der Waals surface area contributed by atoms with Gasteiger partial charge in [0.05, 0.1) is 5.92 Å². The molecule has 2 rings (SSSR count). The van der Waals surface area contributed by atoms with Gasteiger partial charge in [-0.05, 0) is 13.3 Å². The summed E-state index contributed by atoms with van der Waals surface area (Å²) in [5.74, 6) is 9.04. The highest BCUT2D eigenvalue weighted by Gasteiger charge is 2.18. The third kappa shape index (κ3) is 7.67. The Morgan fingerprint density at radius 1 is 1.56 bits per heavy atom. The number of carbonyl (C=O) groups is 1. The van der Waals surface area contributed by atoms with Crippen molar-refractivity contribution < 1.29 is 9.90 Å². The van der Waals surface area contributed by atoms with Gasteiger partial charge in [0, 0.05) is 43.7 Å². The van der Waals surface area contributed by atoms with E-state index in [9.17, 15) is 4.79 Å². The lowest BCUT2D eigenvalue weighted by Crippen LogP contribution is -2.43. The summed E-state index contributed by atoms with van der Waals surface area (Å²) in [6.07, 6.45) is 3.59. The first kappa shape index (κ1) is 21.1. The fraction of sp³-hybridized carbons (Fsp3) is 0.667. The number of rotatable bonds is 6. The Kier molecular flexibility index (Phi) is 9.81. The van der Waals surface area contributed by atoms with Gasteiger partial charge < -0.3 is 26.6 Å². The molecule has 0 aliphatic carbocycles. The lowest BCUT2D eigenvalue weighted by Gasteiger charge is -2.26. The summed E-state index contributed by atoms with van der Waals surface area (Å²) in [5.41, 5.74) is 2.26. The second-order valence-corrected chi connectivity index (χ2v) is 6.95. The lowest BCUT2D eigenvalue weighted by molar-refractivity contribution is -0.141. The zero-order valence-electron chi connectivity index (χ0n) is 14.9. The van der Waals surface area contributed by atoms with Crippen LogP contribution in [-0.2, 0) is 4.79 Å². The van der Waals surface area contributed by atoms with Crippen molar-refractivity contribution in [3.63, 3.8) is 0 Å². The number of aliphatic carboxylic acids is 1. The number of aryl methyl sites for hydroxylation is 1. The van der Waals surface area contributed by atoms with Gasteiger partial charge in [0.1, 0.15) is 5.84 Å². The Labute approximate surface area is 152 Å². The summed E-state index contributed by atoms with van der Waals surface area (Å²) >= 11 is 1.78. The maximum absolute atomic E-state index is 10.7. The van der Waals surface area contributed by atoms with Crippen LogP contribution < -0.4 is 27.3 Å². The molecule has 1 saturated heterocycles. The quantitative estimate of drug-likeness (QED) is 0.210. The third-order valence-electron chi connectivity index (χ3n) is 3.75. The van der Waals surface area contributed by atoms with Crippen molar-refractivity contribution >= 4 is 28.3 Å². The number of hydrazine groups is 1. The van der Waals surface area contributed by atoms with E-state index < -0.39 is 11.9 Å². The van der Waals surface area contributed by atoms with E-state index in [1.165, 1.54) is 10.0 Å². The number of nitrogens with zero attached hydrogens (tertiary/aromatic N) is 3. The summed E-state index contributed by atoms with van der Waals surface area (Å²) in [7, 11) is 0. The molecule has 0 aromatic carbocycles. The molecule has 0 saturated carbocycles. The van der Waals surface area contributed by atoms with Crippen LogP contribution in [0.5, 0.6) is 0 Å². The van der Waals surface area contributed by atoms with E-state index in [0.717, 1.165) is 32.6 Å². The topological polar surface area (TPSA) is 142 Å². The minimum absolute atomic E-state index is 0.246. The molecule has 9 nitrogen and oxygen atoms in total.